The van der Waals surface area contributed by atoms with Crippen LogP contribution >= 0.6 is 0 Å². The summed E-state index contributed by atoms with van der Waals surface area (Å²) >= 11 is 0. The van der Waals surface area contributed by atoms with Gasteiger partial charge in [0.25, 0.3) is 0 Å². The molecular weight excluding hydrogens is 256 g/mol. The van der Waals surface area contributed by atoms with E-state index in [-0.39, 0.29) is 6.10 Å². The van der Waals surface area contributed by atoms with Crippen LogP contribution in [0.5, 0.6) is 0 Å². The van der Waals surface area contributed by atoms with E-state index in [0.29, 0.717) is 19.3 Å². The molecular formula is C15H30N2O3. The Morgan fingerprint density at radius 1 is 1.40 bits per heavy atom. The smallest absolute Gasteiger partial charge is 0.0897 e. The van der Waals surface area contributed by atoms with Crippen LogP contribution in [-0.2, 0) is 9.47 Å². The second-order valence-electron chi connectivity index (χ2n) is 5.94. The van der Waals surface area contributed by atoms with Crippen LogP contribution in [0.1, 0.15) is 32.6 Å². The first-order valence-corrected chi connectivity index (χ1v) is 8.12. The highest BCUT2D eigenvalue weighted by Crippen LogP contribution is 2.20. The van der Waals surface area contributed by atoms with Crippen LogP contribution in [0.25, 0.3) is 0 Å². The van der Waals surface area contributed by atoms with Crippen molar-refractivity contribution in [1.29, 1.82) is 0 Å². The number of likely N-dealkylation sites (N-methyl/N-ethyl adjacent to an activating group) is 1. The molecule has 2 aliphatic rings. The van der Waals surface area contributed by atoms with Crippen molar-refractivity contribution in [3.63, 3.8) is 0 Å². The maximum absolute atomic E-state index is 9.90. The molecule has 0 spiro atoms. The van der Waals surface area contributed by atoms with Gasteiger partial charge >= 0.3 is 0 Å². The topological polar surface area (TPSA) is 54.0 Å². The molecule has 1 saturated carbocycles. The van der Waals surface area contributed by atoms with Crippen molar-refractivity contribution in [2.75, 3.05) is 45.9 Å². The summed E-state index contributed by atoms with van der Waals surface area (Å²) in [7, 11) is 0. The van der Waals surface area contributed by atoms with Gasteiger partial charge in [0.15, 0.2) is 0 Å². The second-order valence-corrected chi connectivity index (χ2v) is 5.94. The number of hydrogen-bond acceptors (Lipinski definition) is 5. The Hall–Kier alpha value is -0.200. The van der Waals surface area contributed by atoms with Gasteiger partial charge in [-0.05, 0) is 19.4 Å². The standard InChI is InChI=1S/C15H30N2O3/c1-2-17-7-8-19-15(11-17)10-16-9-13(18)12-20-14-5-3-4-6-14/h13-16,18H,2-12H2,1H3. The van der Waals surface area contributed by atoms with Crippen LogP contribution in [0.3, 0.4) is 0 Å². The van der Waals surface area contributed by atoms with Crippen molar-refractivity contribution in [1.82, 2.24) is 10.2 Å². The third-order valence-electron chi connectivity index (χ3n) is 4.25. The molecule has 5 nitrogen and oxygen atoms in total. The first kappa shape index (κ1) is 16.2. The van der Waals surface area contributed by atoms with Gasteiger partial charge in [0.05, 0.1) is 31.5 Å². The Bertz CT molecular complexity index is 260. The van der Waals surface area contributed by atoms with Gasteiger partial charge in [-0.25, -0.2) is 0 Å². The summed E-state index contributed by atoms with van der Waals surface area (Å²) in [4.78, 5) is 2.40. The van der Waals surface area contributed by atoms with Crippen molar-refractivity contribution in [2.24, 2.45) is 0 Å². The van der Waals surface area contributed by atoms with Gasteiger partial charge in [0.2, 0.25) is 0 Å². The first-order chi connectivity index (χ1) is 9.78. The Kier molecular flexibility index (Phi) is 7.24. The molecule has 2 unspecified atom stereocenters. The quantitative estimate of drug-likeness (QED) is 0.685. The normalized spacial score (nSPS) is 27.0. The van der Waals surface area contributed by atoms with Gasteiger partial charge in [-0.1, -0.05) is 19.8 Å². The minimum Gasteiger partial charge on any atom is -0.389 e. The Balaban J connectivity index is 1.51. The molecule has 0 aromatic carbocycles. The zero-order valence-corrected chi connectivity index (χ0v) is 12.7. The number of rotatable bonds is 8. The van der Waals surface area contributed by atoms with Gasteiger partial charge in [-0.3, -0.25) is 4.90 Å². The molecule has 2 N–H and O–H groups in total. The van der Waals surface area contributed by atoms with Crippen molar-refractivity contribution in [3.05, 3.63) is 0 Å². The van der Waals surface area contributed by atoms with E-state index in [2.05, 4.69) is 17.1 Å². The first-order valence-electron chi connectivity index (χ1n) is 8.12. The maximum atomic E-state index is 9.90. The third kappa shape index (κ3) is 5.66. The summed E-state index contributed by atoms with van der Waals surface area (Å²) in [6.07, 6.45) is 5.06. The van der Waals surface area contributed by atoms with Crippen LogP contribution in [0, 0.1) is 0 Å². The second kappa shape index (κ2) is 8.95. The Labute approximate surface area is 122 Å². The van der Waals surface area contributed by atoms with Crippen molar-refractivity contribution >= 4 is 0 Å². The van der Waals surface area contributed by atoms with E-state index in [1.54, 1.807) is 0 Å². The summed E-state index contributed by atoms with van der Waals surface area (Å²) in [5.41, 5.74) is 0. The Morgan fingerprint density at radius 3 is 2.95 bits per heavy atom. The molecule has 5 heteroatoms. The van der Waals surface area contributed by atoms with Gasteiger partial charge in [-0.15, -0.1) is 0 Å². The van der Waals surface area contributed by atoms with Crippen LogP contribution in [0.4, 0.5) is 0 Å². The number of ether oxygens (including phenoxy) is 2. The zero-order valence-electron chi connectivity index (χ0n) is 12.7. The molecule has 1 aliphatic carbocycles. The fraction of sp³-hybridized carbons (Fsp3) is 1.00. The minimum absolute atomic E-state index is 0.242. The monoisotopic (exact) mass is 286 g/mol. The molecule has 0 aromatic rings. The molecule has 2 rings (SSSR count). The van der Waals surface area contributed by atoms with E-state index in [1.807, 2.05) is 0 Å². The van der Waals surface area contributed by atoms with E-state index in [0.717, 1.165) is 45.6 Å². The summed E-state index contributed by atoms with van der Waals surface area (Å²) in [6, 6.07) is 0. The fourth-order valence-electron chi connectivity index (χ4n) is 2.96. The fourth-order valence-corrected chi connectivity index (χ4v) is 2.96. The predicted octanol–water partition coefficient (Wildman–Crippen LogP) is 0.617. The molecule has 2 fully saturated rings. The molecule has 1 aliphatic heterocycles. The maximum Gasteiger partial charge on any atom is 0.0897 e. The Morgan fingerprint density at radius 2 is 2.20 bits per heavy atom. The molecule has 1 heterocycles. The molecule has 1 saturated heterocycles. The van der Waals surface area contributed by atoms with E-state index >= 15 is 0 Å². The molecule has 2 atom stereocenters. The summed E-state index contributed by atoms with van der Waals surface area (Å²) in [5.74, 6) is 0. The van der Waals surface area contributed by atoms with Gasteiger partial charge < -0.3 is 19.9 Å². The highest BCUT2D eigenvalue weighted by molar-refractivity contribution is 4.74. The van der Waals surface area contributed by atoms with Crippen LogP contribution in [-0.4, -0.2) is 74.3 Å². The average Bonchev–Trinajstić information content (AvgIpc) is 2.99. The molecule has 118 valence electrons. The predicted molar refractivity (Wildman–Crippen MR) is 78.9 cm³/mol. The van der Waals surface area contributed by atoms with Gasteiger partial charge in [-0.2, -0.15) is 0 Å². The SMILES string of the molecule is CCN1CCOC(CNCC(O)COC2CCCC2)C1. The number of nitrogens with zero attached hydrogens (tertiary/aromatic N) is 1. The largest absolute Gasteiger partial charge is 0.389 e. The van der Waals surface area contributed by atoms with E-state index in [9.17, 15) is 5.11 Å². The summed E-state index contributed by atoms with van der Waals surface area (Å²) in [6.45, 7) is 7.92. The van der Waals surface area contributed by atoms with Crippen molar-refractivity contribution in [3.8, 4) is 0 Å². The summed E-state index contributed by atoms with van der Waals surface area (Å²) < 4.78 is 11.4. The lowest BCUT2D eigenvalue weighted by atomic mass is 10.2. The van der Waals surface area contributed by atoms with E-state index in [4.69, 9.17) is 9.47 Å². The highest BCUT2D eigenvalue weighted by atomic mass is 16.5. The molecule has 20 heavy (non-hydrogen) atoms. The van der Waals surface area contributed by atoms with Gasteiger partial charge in [0, 0.05) is 26.2 Å². The lowest BCUT2D eigenvalue weighted by Crippen LogP contribution is -2.47. The van der Waals surface area contributed by atoms with Crippen molar-refractivity contribution in [2.45, 2.75) is 50.9 Å². The molecule has 0 radical (unpaired) electrons. The van der Waals surface area contributed by atoms with E-state index < -0.39 is 6.10 Å². The molecule has 0 aromatic heterocycles. The minimum atomic E-state index is -0.415. The number of nitrogens with one attached hydrogen (secondary N) is 1. The summed E-state index contributed by atoms with van der Waals surface area (Å²) in [5, 5.41) is 13.2. The molecule has 0 amide bonds. The number of morpholine rings is 1. The zero-order chi connectivity index (χ0) is 14.2. The average molecular weight is 286 g/mol. The van der Waals surface area contributed by atoms with E-state index in [1.165, 1.54) is 12.8 Å². The third-order valence-corrected chi connectivity index (χ3v) is 4.25. The molecule has 0 bridgehead atoms. The number of aliphatic hydroxyl groups is 1. The highest BCUT2D eigenvalue weighted by Gasteiger charge is 2.20. The van der Waals surface area contributed by atoms with Gasteiger partial charge in [0.1, 0.15) is 0 Å². The number of hydrogen-bond donors (Lipinski definition) is 2. The van der Waals surface area contributed by atoms with Crippen molar-refractivity contribution < 1.29 is 14.6 Å². The van der Waals surface area contributed by atoms with Crippen LogP contribution < -0.4 is 5.32 Å². The lowest BCUT2D eigenvalue weighted by Gasteiger charge is -2.32. The van der Waals surface area contributed by atoms with Crippen LogP contribution in [0.2, 0.25) is 0 Å². The van der Waals surface area contributed by atoms with Crippen LogP contribution in [0.15, 0.2) is 0 Å². The lowest BCUT2D eigenvalue weighted by molar-refractivity contribution is -0.0301. The number of aliphatic hydroxyl groups excluding tert-OH is 1.